The zero-order valence-electron chi connectivity index (χ0n) is 11.8. The number of carbonyl (C=O) groups excluding carboxylic acids is 1. The Bertz CT molecular complexity index is 413. The van der Waals surface area contributed by atoms with Gasteiger partial charge in [-0.25, -0.2) is 0 Å². The molecule has 1 amide bonds. The summed E-state index contributed by atoms with van der Waals surface area (Å²) in [7, 11) is 0. The largest absolute Gasteiger partial charge is 0.354 e. The third kappa shape index (κ3) is 4.15. The maximum Gasteiger partial charge on any atom is 0.237 e. The Morgan fingerprint density at radius 3 is 2.61 bits per heavy atom. The zero-order valence-corrected chi connectivity index (χ0v) is 11.8. The predicted octanol–water partition coefficient (Wildman–Crippen LogP) is 1.95. The summed E-state index contributed by atoms with van der Waals surface area (Å²) in [6.07, 6.45) is 0.851. The van der Waals surface area contributed by atoms with E-state index in [2.05, 4.69) is 37.4 Å². The van der Waals surface area contributed by atoms with E-state index in [0.29, 0.717) is 6.54 Å². The van der Waals surface area contributed by atoms with Gasteiger partial charge in [-0.2, -0.15) is 0 Å². The number of hydrogen-bond donors (Lipinski definition) is 2. The van der Waals surface area contributed by atoms with Gasteiger partial charge in [-0.05, 0) is 37.3 Å². The molecule has 1 aromatic rings. The molecule has 0 fully saturated rings. The number of amides is 1. The molecule has 0 saturated carbocycles. The summed E-state index contributed by atoms with van der Waals surface area (Å²) in [6.45, 7) is 8.72. The Morgan fingerprint density at radius 2 is 2.00 bits per heavy atom. The summed E-state index contributed by atoms with van der Waals surface area (Å²) in [5, 5.41) is 2.89. The van der Waals surface area contributed by atoms with Gasteiger partial charge in [0.2, 0.25) is 5.91 Å². The molecule has 0 aliphatic rings. The van der Waals surface area contributed by atoms with Crippen LogP contribution in [0.4, 0.5) is 0 Å². The summed E-state index contributed by atoms with van der Waals surface area (Å²) < 4.78 is 0. The molecule has 1 rings (SSSR count). The van der Waals surface area contributed by atoms with E-state index < -0.39 is 6.04 Å². The van der Waals surface area contributed by atoms with Gasteiger partial charge in [-0.3, -0.25) is 4.79 Å². The first-order valence-electron chi connectivity index (χ1n) is 6.51. The molecule has 100 valence electrons. The molecule has 18 heavy (non-hydrogen) atoms. The van der Waals surface area contributed by atoms with Crippen LogP contribution < -0.4 is 11.1 Å². The highest BCUT2D eigenvalue weighted by Crippen LogP contribution is 2.10. The number of aryl methyl sites for hydroxylation is 2. The number of nitrogens with two attached hydrogens (primary N) is 1. The van der Waals surface area contributed by atoms with Gasteiger partial charge in [0.1, 0.15) is 0 Å². The topological polar surface area (TPSA) is 55.1 Å². The third-order valence-electron chi connectivity index (χ3n) is 3.22. The summed E-state index contributed by atoms with van der Waals surface area (Å²) in [5.41, 5.74) is 9.58. The molecule has 0 heterocycles. The van der Waals surface area contributed by atoms with E-state index in [4.69, 9.17) is 5.73 Å². The minimum Gasteiger partial charge on any atom is -0.354 e. The van der Waals surface area contributed by atoms with Crippen LogP contribution in [0.25, 0.3) is 0 Å². The van der Waals surface area contributed by atoms with Crippen molar-refractivity contribution in [3.63, 3.8) is 0 Å². The number of hydrogen-bond acceptors (Lipinski definition) is 2. The normalized spacial score (nSPS) is 12.6. The van der Waals surface area contributed by atoms with Crippen LogP contribution in [-0.2, 0) is 11.2 Å². The van der Waals surface area contributed by atoms with Crippen molar-refractivity contribution in [2.24, 2.45) is 11.7 Å². The Balaban J connectivity index is 2.47. The van der Waals surface area contributed by atoms with Crippen molar-refractivity contribution in [1.29, 1.82) is 0 Å². The zero-order chi connectivity index (χ0) is 13.7. The molecule has 0 bridgehead atoms. The van der Waals surface area contributed by atoms with Gasteiger partial charge in [0.25, 0.3) is 0 Å². The van der Waals surface area contributed by atoms with Gasteiger partial charge in [0, 0.05) is 6.54 Å². The Kier molecular flexibility index (Phi) is 5.35. The van der Waals surface area contributed by atoms with Gasteiger partial charge in [0.05, 0.1) is 6.04 Å². The monoisotopic (exact) mass is 248 g/mol. The van der Waals surface area contributed by atoms with Crippen molar-refractivity contribution >= 4 is 5.91 Å². The first kappa shape index (κ1) is 14.7. The molecule has 0 spiro atoms. The first-order valence-corrected chi connectivity index (χ1v) is 6.51. The van der Waals surface area contributed by atoms with Crippen LogP contribution in [0.3, 0.4) is 0 Å². The van der Waals surface area contributed by atoms with E-state index in [0.717, 1.165) is 6.42 Å². The van der Waals surface area contributed by atoms with E-state index in [1.54, 1.807) is 0 Å². The summed E-state index contributed by atoms with van der Waals surface area (Å²) >= 11 is 0. The predicted molar refractivity (Wildman–Crippen MR) is 75.4 cm³/mol. The highest BCUT2D eigenvalue weighted by Gasteiger charge is 2.16. The molecule has 0 aliphatic carbocycles. The van der Waals surface area contributed by atoms with Crippen LogP contribution in [0.15, 0.2) is 18.2 Å². The standard InChI is InChI=1S/C15H24N2O/c1-10(2)14(16)15(18)17-8-7-13-9-11(3)5-6-12(13)4/h5-6,9-10,14H,7-8,16H2,1-4H3,(H,17,18). The molecule has 0 aromatic heterocycles. The minimum absolute atomic E-state index is 0.0599. The third-order valence-corrected chi connectivity index (χ3v) is 3.22. The molecule has 0 saturated heterocycles. The Labute approximate surface area is 110 Å². The fourth-order valence-electron chi connectivity index (χ4n) is 1.81. The number of nitrogens with one attached hydrogen (secondary N) is 1. The Morgan fingerprint density at radius 1 is 1.33 bits per heavy atom. The van der Waals surface area contributed by atoms with Crippen molar-refractivity contribution < 1.29 is 4.79 Å². The second-order valence-corrected chi connectivity index (χ2v) is 5.24. The van der Waals surface area contributed by atoms with E-state index in [-0.39, 0.29) is 11.8 Å². The van der Waals surface area contributed by atoms with Crippen LogP contribution in [-0.4, -0.2) is 18.5 Å². The fourth-order valence-corrected chi connectivity index (χ4v) is 1.81. The van der Waals surface area contributed by atoms with Crippen LogP contribution in [0.2, 0.25) is 0 Å². The number of benzene rings is 1. The summed E-state index contributed by atoms with van der Waals surface area (Å²) in [5.74, 6) is 0.112. The fraction of sp³-hybridized carbons (Fsp3) is 0.533. The van der Waals surface area contributed by atoms with Crippen molar-refractivity contribution in [2.75, 3.05) is 6.54 Å². The smallest absolute Gasteiger partial charge is 0.237 e. The highest BCUT2D eigenvalue weighted by molar-refractivity contribution is 5.81. The molecule has 1 atom stereocenters. The average Bonchev–Trinajstić information content (AvgIpc) is 2.32. The summed E-state index contributed by atoms with van der Waals surface area (Å²) in [6, 6.07) is 5.98. The second-order valence-electron chi connectivity index (χ2n) is 5.24. The van der Waals surface area contributed by atoms with Crippen molar-refractivity contribution in [2.45, 2.75) is 40.2 Å². The molecule has 1 aromatic carbocycles. The lowest BCUT2D eigenvalue weighted by molar-refractivity contribution is -0.123. The molecule has 3 N–H and O–H groups in total. The van der Waals surface area contributed by atoms with Crippen LogP contribution in [0.1, 0.15) is 30.5 Å². The van der Waals surface area contributed by atoms with E-state index >= 15 is 0 Å². The quantitative estimate of drug-likeness (QED) is 0.836. The van der Waals surface area contributed by atoms with Gasteiger partial charge < -0.3 is 11.1 Å². The maximum absolute atomic E-state index is 11.7. The van der Waals surface area contributed by atoms with Crippen LogP contribution in [0.5, 0.6) is 0 Å². The molecule has 1 unspecified atom stereocenters. The maximum atomic E-state index is 11.7. The van der Waals surface area contributed by atoms with E-state index in [1.807, 2.05) is 13.8 Å². The molecular formula is C15H24N2O. The highest BCUT2D eigenvalue weighted by atomic mass is 16.2. The minimum atomic E-state index is -0.413. The van der Waals surface area contributed by atoms with Gasteiger partial charge >= 0.3 is 0 Å². The van der Waals surface area contributed by atoms with Crippen molar-refractivity contribution in [3.8, 4) is 0 Å². The number of carbonyl (C=O) groups is 1. The molecule has 3 nitrogen and oxygen atoms in total. The van der Waals surface area contributed by atoms with E-state index in [9.17, 15) is 4.79 Å². The molecule has 0 radical (unpaired) electrons. The average molecular weight is 248 g/mol. The van der Waals surface area contributed by atoms with Crippen molar-refractivity contribution in [3.05, 3.63) is 34.9 Å². The molecular weight excluding hydrogens is 224 g/mol. The number of rotatable bonds is 5. The lowest BCUT2D eigenvalue weighted by atomic mass is 10.0. The van der Waals surface area contributed by atoms with Crippen molar-refractivity contribution in [1.82, 2.24) is 5.32 Å². The van der Waals surface area contributed by atoms with Crippen LogP contribution >= 0.6 is 0 Å². The molecule has 3 heteroatoms. The summed E-state index contributed by atoms with van der Waals surface area (Å²) in [4.78, 5) is 11.7. The van der Waals surface area contributed by atoms with Gasteiger partial charge in [0.15, 0.2) is 0 Å². The SMILES string of the molecule is Cc1ccc(C)c(CCNC(=O)C(N)C(C)C)c1. The lowest BCUT2D eigenvalue weighted by Gasteiger charge is -2.15. The molecule has 0 aliphatic heterocycles. The van der Waals surface area contributed by atoms with Crippen LogP contribution in [0, 0.1) is 19.8 Å². The van der Waals surface area contributed by atoms with Gasteiger partial charge in [-0.15, -0.1) is 0 Å². The van der Waals surface area contributed by atoms with E-state index in [1.165, 1.54) is 16.7 Å². The lowest BCUT2D eigenvalue weighted by Crippen LogP contribution is -2.44. The first-order chi connectivity index (χ1) is 8.41. The Hall–Kier alpha value is -1.35. The second kappa shape index (κ2) is 6.55. The van der Waals surface area contributed by atoms with Gasteiger partial charge in [-0.1, -0.05) is 37.6 Å².